The number of imide groups is 2. The van der Waals surface area contributed by atoms with Crippen LogP contribution in [0.2, 0.25) is 0 Å². The van der Waals surface area contributed by atoms with Crippen molar-refractivity contribution in [1.29, 1.82) is 0 Å². The van der Waals surface area contributed by atoms with Crippen LogP contribution in [0.3, 0.4) is 0 Å². The van der Waals surface area contributed by atoms with Gasteiger partial charge in [-0.25, -0.2) is 0 Å². The van der Waals surface area contributed by atoms with Gasteiger partial charge in [0.05, 0.1) is 5.56 Å². The summed E-state index contributed by atoms with van der Waals surface area (Å²) in [5.41, 5.74) is 3.35. The average molecular weight is 733 g/mol. The fraction of sp³-hybridized carbons (Fsp3) is 0.455. The standard InChI is InChI=1S/C37H40N6O4.C7H16/c1-39(15-6-13-38-14-16-42-34(44)28-10-3-7-25-8-4-11-29(32(25)28)35(42)45)19-22-43-36(46)30-12-5-9-26-23-27(24-31(33(26)30)37(43)47)41-20-17-40(2)18-21-41;1-3-5-7-6-4-2/h3-5,7-12,23-24,38H,6,13-22H2,1-2H3;3-7H2,1-2H3. The molecule has 0 spiro atoms. The Morgan fingerprint density at radius 1 is 0.593 bits per heavy atom. The Labute approximate surface area is 320 Å². The minimum Gasteiger partial charge on any atom is -0.369 e. The molecule has 0 saturated carbocycles. The number of benzene rings is 4. The van der Waals surface area contributed by atoms with E-state index in [2.05, 4.69) is 47.0 Å². The lowest BCUT2D eigenvalue weighted by atomic mass is 9.93. The zero-order valence-corrected chi connectivity index (χ0v) is 32.5. The Hall–Kier alpha value is -4.64. The molecule has 4 aromatic rings. The molecular formula is C44H56N6O4. The Morgan fingerprint density at radius 2 is 1.13 bits per heavy atom. The SMILES string of the molecule is CCCCCCC.CN(CCCNCCN1C(=O)c2cccc3cccc(c23)C1=O)CCN1C(=O)c2cccc3cc(N4CCN(C)CC4)cc(c23)C1=O. The van der Waals surface area contributed by atoms with E-state index in [4.69, 9.17) is 0 Å². The van der Waals surface area contributed by atoms with Gasteiger partial charge in [-0.3, -0.25) is 29.0 Å². The van der Waals surface area contributed by atoms with Crippen LogP contribution in [0.5, 0.6) is 0 Å². The van der Waals surface area contributed by atoms with Crippen molar-refractivity contribution in [2.45, 2.75) is 52.4 Å². The Bertz CT molecular complexity index is 1930. The van der Waals surface area contributed by atoms with E-state index in [0.29, 0.717) is 55.0 Å². The second-order valence-corrected chi connectivity index (χ2v) is 14.9. The minimum atomic E-state index is -0.253. The first kappa shape index (κ1) is 39.1. The van der Waals surface area contributed by atoms with Crippen LogP contribution < -0.4 is 10.2 Å². The summed E-state index contributed by atoms with van der Waals surface area (Å²) in [6.45, 7) is 11.4. The van der Waals surface area contributed by atoms with Gasteiger partial charge in [0.25, 0.3) is 23.6 Å². The van der Waals surface area contributed by atoms with E-state index in [1.807, 2.05) is 55.6 Å². The van der Waals surface area contributed by atoms with Crippen LogP contribution in [0, 0.1) is 0 Å². The van der Waals surface area contributed by atoms with Crippen molar-refractivity contribution in [2.75, 3.05) is 84.4 Å². The number of amides is 4. The monoisotopic (exact) mass is 732 g/mol. The molecule has 0 bridgehead atoms. The molecule has 0 radical (unpaired) electrons. The topological polar surface area (TPSA) is 96.5 Å². The summed E-state index contributed by atoms with van der Waals surface area (Å²) < 4.78 is 0. The van der Waals surface area contributed by atoms with Crippen LogP contribution in [-0.4, -0.2) is 123 Å². The number of hydrogen-bond acceptors (Lipinski definition) is 8. The van der Waals surface area contributed by atoms with E-state index in [-0.39, 0.29) is 23.6 Å². The molecule has 4 amide bonds. The maximum absolute atomic E-state index is 13.7. The molecule has 4 aromatic carbocycles. The fourth-order valence-electron chi connectivity index (χ4n) is 7.72. The van der Waals surface area contributed by atoms with Gasteiger partial charge >= 0.3 is 0 Å². The summed E-state index contributed by atoms with van der Waals surface area (Å²) in [6.07, 6.45) is 7.84. The van der Waals surface area contributed by atoms with E-state index in [1.165, 1.54) is 41.9 Å². The highest BCUT2D eigenvalue weighted by Crippen LogP contribution is 2.34. The van der Waals surface area contributed by atoms with Gasteiger partial charge in [0.1, 0.15) is 0 Å². The first-order chi connectivity index (χ1) is 26.2. The van der Waals surface area contributed by atoms with Gasteiger partial charge in [-0.15, -0.1) is 0 Å². The second kappa shape index (κ2) is 18.1. The average Bonchev–Trinajstić information content (AvgIpc) is 3.18. The number of unbranched alkanes of at least 4 members (excludes halogenated alkanes) is 4. The molecule has 1 fully saturated rings. The smallest absolute Gasteiger partial charge is 0.261 e. The number of anilines is 1. The zero-order valence-electron chi connectivity index (χ0n) is 32.5. The van der Waals surface area contributed by atoms with Crippen LogP contribution in [0.4, 0.5) is 5.69 Å². The molecule has 54 heavy (non-hydrogen) atoms. The molecule has 286 valence electrons. The van der Waals surface area contributed by atoms with Gasteiger partial charge < -0.3 is 20.0 Å². The van der Waals surface area contributed by atoms with Crippen molar-refractivity contribution < 1.29 is 19.2 Å². The van der Waals surface area contributed by atoms with Crippen LogP contribution in [0.25, 0.3) is 21.5 Å². The van der Waals surface area contributed by atoms with Crippen molar-refractivity contribution in [3.05, 3.63) is 89.0 Å². The molecule has 10 nitrogen and oxygen atoms in total. The number of nitrogens with one attached hydrogen (secondary N) is 1. The predicted molar refractivity (Wildman–Crippen MR) is 218 cm³/mol. The summed E-state index contributed by atoms with van der Waals surface area (Å²) in [5.74, 6) is -0.976. The number of piperazine rings is 1. The molecule has 1 saturated heterocycles. The molecule has 1 N–H and O–H groups in total. The molecular weight excluding hydrogens is 677 g/mol. The largest absolute Gasteiger partial charge is 0.369 e. The first-order valence-corrected chi connectivity index (χ1v) is 19.9. The summed E-state index contributed by atoms with van der Waals surface area (Å²) in [6, 6.07) is 20.9. The lowest BCUT2D eigenvalue weighted by Crippen LogP contribution is -2.45. The van der Waals surface area contributed by atoms with E-state index < -0.39 is 0 Å². The molecule has 0 aliphatic carbocycles. The molecule has 3 aliphatic rings. The highest BCUT2D eigenvalue weighted by atomic mass is 16.2. The second-order valence-electron chi connectivity index (χ2n) is 14.9. The van der Waals surface area contributed by atoms with Gasteiger partial charge in [-0.2, -0.15) is 0 Å². The van der Waals surface area contributed by atoms with Crippen molar-refractivity contribution in [3.8, 4) is 0 Å². The van der Waals surface area contributed by atoms with Crippen LogP contribution >= 0.6 is 0 Å². The minimum absolute atomic E-state index is 0.231. The highest BCUT2D eigenvalue weighted by Gasteiger charge is 2.34. The Morgan fingerprint density at radius 3 is 1.72 bits per heavy atom. The van der Waals surface area contributed by atoms with Gasteiger partial charge in [0.2, 0.25) is 0 Å². The molecule has 0 unspecified atom stereocenters. The Kier molecular flexibility index (Phi) is 13.1. The zero-order chi connectivity index (χ0) is 38.2. The Balaban J connectivity index is 0.000000649. The summed E-state index contributed by atoms with van der Waals surface area (Å²) >= 11 is 0. The van der Waals surface area contributed by atoms with Crippen LogP contribution in [0.1, 0.15) is 93.8 Å². The van der Waals surface area contributed by atoms with E-state index in [0.717, 1.165) is 66.4 Å². The van der Waals surface area contributed by atoms with E-state index >= 15 is 0 Å². The third-order valence-electron chi connectivity index (χ3n) is 11.0. The first-order valence-electron chi connectivity index (χ1n) is 19.9. The van der Waals surface area contributed by atoms with Gasteiger partial charge in [-0.1, -0.05) is 82.3 Å². The van der Waals surface area contributed by atoms with Crippen LogP contribution in [0.15, 0.2) is 66.7 Å². The maximum atomic E-state index is 13.7. The molecule has 0 aromatic heterocycles. The van der Waals surface area contributed by atoms with Crippen molar-refractivity contribution >= 4 is 50.9 Å². The number of hydrogen-bond donors (Lipinski definition) is 1. The molecule has 10 heteroatoms. The summed E-state index contributed by atoms with van der Waals surface area (Å²) in [7, 11) is 4.11. The molecule has 0 atom stereocenters. The third-order valence-corrected chi connectivity index (χ3v) is 11.0. The number of carbonyl (C=O) groups is 4. The van der Waals surface area contributed by atoms with Crippen molar-refractivity contribution in [1.82, 2.24) is 24.9 Å². The maximum Gasteiger partial charge on any atom is 0.261 e. The number of carbonyl (C=O) groups excluding carboxylic acids is 4. The van der Waals surface area contributed by atoms with Crippen molar-refractivity contribution in [3.63, 3.8) is 0 Å². The fourth-order valence-corrected chi connectivity index (χ4v) is 7.72. The number of nitrogens with zero attached hydrogens (tertiary/aromatic N) is 5. The number of rotatable bonds is 15. The summed E-state index contributed by atoms with van der Waals surface area (Å²) in [5, 5.41) is 6.67. The normalized spacial score (nSPS) is 15.8. The lowest BCUT2D eigenvalue weighted by Gasteiger charge is -2.35. The van der Waals surface area contributed by atoms with Gasteiger partial charge in [0, 0.05) is 85.5 Å². The third kappa shape index (κ3) is 8.51. The molecule has 3 heterocycles. The highest BCUT2D eigenvalue weighted by molar-refractivity contribution is 6.26. The molecule has 7 rings (SSSR count). The predicted octanol–water partition coefficient (Wildman–Crippen LogP) is 6.53. The van der Waals surface area contributed by atoms with Gasteiger partial charge in [-0.05, 0) is 74.7 Å². The lowest BCUT2D eigenvalue weighted by molar-refractivity contribution is 0.0589. The molecule has 3 aliphatic heterocycles. The number of likely N-dealkylation sites (N-methyl/N-ethyl adjacent to an activating group) is 2. The van der Waals surface area contributed by atoms with Crippen LogP contribution in [-0.2, 0) is 0 Å². The van der Waals surface area contributed by atoms with Crippen molar-refractivity contribution in [2.24, 2.45) is 0 Å². The van der Waals surface area contributed by atoms with E-state index in [1.54, 1.807) is 12.1 Å². The summed E-state index contributed by atoms with van der Waals surface area (Å²) in [4.78, 5) is 62.9. The van der Waals surface area contributed by atoms with Gasteiger partial charge in [0.15, 0.2) is 0 Å². The quantitative estimate of drug-likeness (QED) is 0.109. The van der Waals surface area contributed by atoms with E-state index in [9.17, 15) is 19.2 Å².